The van der Waals surface area contributed by atoms with Crippen molar-refractivity contribution in [2.45, 2.75) is 59.3 Å². The fraction of sp³-hybridized carbons (Fsp3) is 0.650. The number of rotatable bonds is 10. The van der Waals surface area contributed by atoms with Gasteiger partial charge in [0.15, 0.2) is 11.6 Å². The van der Waals surface area contributed by atoms with Crippen LogP contribution in [0.1, 0.15) is 58.7 Å². The Bertz CT molecular complexity index is 695. The lowest BCUT2D eigenvalue weighted by atomic mass is 9.87. The van der Waals surface area contributed by atoms with Crippen molar-refractivity contribution in [1.29, 1.82) is 0 Å². The maximum Gasteiger partial charge on any atom is 0.190 e. The zero-order valence-corrected chi connectivity index (χ0v) is 19.5. The van der Waals surface area contributed by atoms with Crippen LogP contribution in [0, 0.1) is 5.41 Å². The van der Waals surface area contributed by atoms with Crippen LogP contribution >= 0.6 is 24.0 Å². The van der Waals surface area contributed by atoms with Gasteiger partial charge in [-0.3, -0.25) is 9.39 Å². The number of halogens is 1. The van der Waals surface area contributed by atoms with Gasteiger partial charge >= 0.3 is 0 Å². The van der Waals surface area contributed by atoms with E-state index in [1.54, 1.807) is 0 Å². The molecule has 7 heteroatoms. The number of unbranched alkanes of at least 4 members (excludes halogenated alkanes) is 2. The van der Waals surface area contributed by atoms with E-state index in [2.05, 4.69) is 46.6 Å². The lowest BCUT2D eigenvalue weighted by molar-refractivity contribution is 0.318. The third kappa shape index (κ3) is 8.02. The van der Waals surface area contributed by atoms with Crippen molar-refractivity contribution in [2.75, 3.05) is 20.1 Å². The van der Waals surface area contributed by atoms with Crippen molar-refractivity contribution >= 4 is 35.6 Å². The topological polar surface area (TPSA) is 66.6 Å². The SMILES string of the molecule is CCCCCC(C)(C)CNC(=NC)NCCCc1nnc2ccccn12.I. The molecule has 2 heterocycles. The van der Waals surface area contributed by atoms with Crippen LogP contribution in [0.5, 0.6) is 0 Å². The molecular weight excluding hydrogens is 451 g/mol. The molecule has 6 nitrogen and oxygen atoms in total. The van der Waals surface area contributed by atoms with E-state index in [0.717, 1.165) is 43.4 Å². The summed E-state index contributed by atoms with van der Waals surface area (Å²) in [5.74, 6) is 1.88. The van der Waals surface area contributed by atoms with Gasteiger partial charge in [0.05, 0.1) is 0 Å². The number of aryl methyl sites for hydroxylation is 1. The number of guanidine groups is 1. The van der Waals surface area contributed by atoms with Gasteiger partial charge in [0.25, 0.3) is 0 Å². The Hall–Kier alpha value is -1.38. The molecule has 2 N–H and O–H groups in total. The third-order valence-corrected chi connectivity index (χ3v) is 4.67. The van der Waals surface area contributed by atoms with E-state index >= 15 is 0 Å². The molecule has 0 fully saturated rings. The second-order valence-electron chi connectivity index (χ2n) is 7.62. The average Bonchev–Trinajstić information content (AvgIpc) is 3.04. The molecule has 0 saturated carbocycles. The standard InChI is InChI=1S/C20H34N6.HI/c1-5-6-8-13-20(2,3)16-23-19(21-4)22-14-10-12-18-25-24-17-11-7-9-15-26(17)18;/h7,9,11,15H,5-6,8,10,12-14,16H2,1-4H3,(H2,21,22,23);1H. The first-order chi connectivity index (χ1) is 12.6. The number of nitrogens with zero attached hydrogens (tertiary/aromatic N) is 4. The first-order valence-corrected chi connectivity index (χ1v) is 9.79. The van der Waals surface area contributed by atoms with Crippen molar-refractivity contribution in [3.63, 3.8) is 0 Å². The smallest absolute Gasteiger partial charge is 0.190 e. The highest BCUT2D eigenvalue weighted by Crippen LogP contribution is 2.22. The highest BCUT2D eigenvalue weighted by atomic mass is 127. The zero-order valence-electron chi connectivity index (χ0n) is 17.2. The van der Waals surface area contributed by atoms with Crippen molar-refractivity contribution < 1.29 is 0 Å². The van der Waals surface area contributed by atoms with Gasteiger partial charge in [-0.05, 0) is 30.4 Å². The number of fused-ring (bicyclic) bond motifs is 1. The Morgan fingerprint density at radius 3 is 2.70 bits per heavy atom. The highest BCUT2D eigenvalue weighted by molar-refractivity contribution is 14.0. The van der Waals surface area contributed by atoms with E-state index in [4.69, 9.17) is 0 Å². The predicted octanol–water partition coefficient (Wildman–Crippen LogP) is 4.05. The summed E-state index contributed by atoms with van der Waals surface area (Å²) in [7, 11) is 1.82. The number of hydrogen-bond donors (Lipinski definition) is 2. The van der Waals surface area contributed by atoms with Gasteiger partial charge in [-0.15, -0.1) is 34.2 Å². The molecule has 0 saturated heterocycles. The Morgan fingerprint density at radius 2 is 1.96 bits per heavy atom. The van der Waals surface area contributed by atoms with Gasteiger partial charge in [-0.25, -0.2) is 0 Å². The molecule has 0 unspecified atom stereocenters. The van der Waals surface area contributed by atoms with E-state index in [9.17, 15) is 0 Å². The first kappa shape index (κ1) is 23.7. The minimum absolute atomic E-state index is 0. The fourth-order valence-electron chi connectivity index (χ4n) is 3.00. The normalized spacial score (nSPS) is 12.1. The Morgan fingerprint density at radius 1 is 1.15 bits per heavy atom. The summed E-state index contributed by atoms with van der Waals surface area (Å²) < 4.78 is 2.05. The Balaban J connectivity index is 0.00000364. The number of pyridine rings is 1. The largest absolute Gasteiger partial charge is 0.356 e. The summed E-state index contributed by atoms with van der Waals surface area (Å²) in [6, 6.07) is 5.96. The molecule has 0 atom stereocenters. The summed E-state index contributed by atoms with van der Waals surface area (Å²) >= 11 is 0. The van der Waals surface area contributed by atoms with Crippen LogP contribution in [0.15, 0.2) is 29.4 Å². The first-order valence-electron chi connectivity index (χ1n) is 9.79. The molecule has 0 amide bonds. The number of aromatic nitrogens is 3. The summed E-state index contributed by atoms with van der Waals surface area (Å²) in [5, 5.41) is 15.3. The fourth-order valence-corrected chi connectivity index (χ4v) is 3.00. The Labute approximate surface area is 180 Å². The number of nitrogens with one attached hydrogen (secondary N) is 2. The van der Waals surface area contributed by atoms with Gasteiger partial charge < -0.3 is 10.6 Å². The maximum atomic E-state index is 4.33. The van der Waals surface area contributed by atoms with E-state index in [-0.39, 0.29) is 29.4 Å². The van der Waals surface area contributed by atoms with Crippen LogP contribution in [-0.4, -0.2) is 40.7 Å². The van der Waals surface area contributed by atoms with E-state index in [1.807, 2.05) is 35.8 Å². The highest BCUT2D eigenvalue weighted by Gasteiger charge is 2.17. The van der Waals surface area contributed by atoms with E-state index in [0.29, 0.717) is 0 Å². The van der Waals surface area contributed by atoms with Crippen molar-refractivity contribution in [3.05, 3.63) is 30.2 Å². The minimum atomic E-state index is 0. The van der Waals surface area contributed by atoms with Gasteiger partial charge in [-0.2, -0.15) is 0 Å². The summed E-state index contributed by atoms with van der Waals surface area (Å²) in [4.78, 5) is 4.33. The van der Waals surface area contributed by atoms with Crippen molar-refractivity contribution in [1.82, 2.24) is 25.2 Å². The van der Waals surface area contributed by atoms with Crippen LogP contribution < -0.4 is 10.6 Å². The molecule has 0 aliphatic heterocycles. The molecule has 27 heavy (non-hydrogen) atoms. The Kier molecular flexibility index (Phi) is 10.6. The number of hydrogen-bond acceptors (Lipinski definition) is 3. The molecule has 2 aromatic heterocycles. The molecular formula is C20H35IN6. The lowest BCUT2D eigenvalue weighted by Crippen LogP contribution is -2.42. The zero-order chi connectivity index (χ0) is 18.8. The maximum absolute atomic E-state index is 4.33. The van der Waals surface area contributed by atoms with Gasteiger partial charge in [0.2, 0.25) is 0 Å². The van der Waals surface area contributed by atoms with Crippen LogP contribution in [0.4, 0.5) is 0 Å². The van der Waals surface area contributed by atoms with Crippen LogP contribution in [0.3, 0.4) is 0 Å². The third-order valence-electron chi connectivity index (χ3n) is 4.67. The van der Waals surface area contributed by atoms with Crippen LogP contribution in [0.2, 0.25) is 0 Å². The average molecular weight is 486 g/mol. The molecule has 0 aliphatic rings. The summed E-state index contributed by atoms with van der Waals surface area (Å²) in [6.45, 7) is 8.68. The molecule has 0 aromatic carbocycles. The predicted molar refractivity (Wildman–Crippen MR) is 124 cm³/mol. The molecule has 2 aromatic rings. The van der Waals surface area contributed by atoms with Crippen molar-refractivity contribution in [2.24, 2.45) is 10.4 Å². The summed E-state index contributed by atoms with van der Waals surface area (Å²) in [6.07, 6.45) is 9.00. The summed E-state index contributed by atoms with van der Waals surface area (Å²) in [5.41, 5.74) is 1.19. The lowest BCUT2D eigenvalue weighted by Gasteiger charge is -2.26. The van der Waals surface area contributed by atoms with Gasteiger partial charge in [0, 0.05) is 32.8 Å². The van der Waals surface area contributed by atoms with Gasteiger partial charge in [-0.1, -0.05) is 46.1 Å². The molecule has 0 radical (unpaired) electrons. The van der Waals surface area contributed by atoms with Gasteiger partial charge in [0.1, 0.15) is 5.82 Å². The second-order valence-corrected chi connectivity index (χ2v) is 7.62. The minimum Gasteiger partial charge on any atom is -0.356 e. The molecule has 0 aliphatic carbocycles. The molecule has 2 rings (SSSR count). The molecule has 0 spiro atoms. The van der Waals surface area contributed by atoms with Crippen LogP contribution in [0.25, 0.3) is 5.65 Å². The van der Waals surface area contributed by atoms with E-state index < -0.39 is 0 Å². The second kappa shape index (κ2) is 12.2. The van der Waals surface area contributed by atoms with Crippen molar-refractivity contribution in [3.8, 4) is 0 Å². The van der Waals surface area contributed by atoms with E-state index in [1.165, 1.54) is 25.7 Å². The monoisotopic (exact) mass is 486 g/mol. The molecule has 152 valence electrons. The molecule has 0 bridgehead atoms. The quantitative estimate of drug-likeness (QED) is 0.230. The number of aliphatic imine (C=N–C) groups is 1. The van der Waals surface area contributed by atoms with Crippen LogP contribution in [-0.2, 0) is 6.42 Å².